The highest BCUT2D eigenvalue weighted by Crippen LogP contribution is 2.40. The van der Waals surface area contributed by atoms with Gasteiger partial charge in [-0.3, -0.25) is 9.52 Å². The quantitative estimate of drug-likeness (QED) is 0.347. The van der Waals surface area contributed by atoms with E-state index in [1.165, 1.54) is 0 Å². The van der Waals surface area contributed by atoms with Crippen molar-refractivity contribution >= 4 is 40.3 Å². The highest BCUT2D eigenvalue weighted by molar-refractivity contribution is 8.12. The van der Waals surface area contributed by atoms with Crippen LogP contribution in [-0.2, 0) is 10.2 Å². The molecule has 4 nitrogen and oxygen atoms in total. The molecule has 1 atom stereocenters. The molecule has 1 heterocycles. The van der Waals surface area contributed by atoms with Gasteiger partial charge in [-0.05, 0) is 53.8 Å². The van der Waals surface area contributed by atoms with Crippen molar-refractivity contribution in [2.75, 3.05) is 19.8 Å². The minimum atomic E-state index is -0.310. The van der Waals surface area contributed by atoms with Crippen LogP contribution in [0.2, 0.25) is 10.0 Å². The van der Waals surface area contributed by atoms with E-state index in [-0.39, 0.29) is 16.4 Å². The molecule has 0 spiro atoms. The Morgan fingerprint density at radius 1 is 1.10 bits per heavy atom. The molecule has 162 valence electrons. The second-order valence-electron chi connectivity index (χ2n) is 7.90. The molecule has 30 heavy (non-hydrogen) atoms. The number of carbonyl (C=O) groups excluding carboxylic acids is 1. The largest absolute Gasteiger partial charge is 0.493 e. The lowest BCUT2D eigenvalue weighted by Gasteiger charge is -2.27. The molecule has 2 aromatic carbocycles. The first kappa shape index (κ1) is 23.3. The van der Waals surface area contributed by atoms with Crippen molar-refractivity contribution in [3.8, 4) is 11.5 Å². The van der Waals surface area contributed by atoms with Crippen molar-refractivity contribution in [1.82, 2.24) is 4.72 Å². The topological polar surface area (TPSA) is 47.6 Å². The monoisotopic (exact) mass is 467 g/mol. The van der Waals surface area contributed by atoms with Gasteiger partial charge < -0.3 is 9.47 Å². The highest BCUT2D eigenvalue weighted by atomic mass is 35.5. The maximum absolute atomic E-state index is 11.7. The Kier molecular flexibility index (Phi) is 7.97. The molecule has 1 saturated heterocycles. The minimum absolute atomic E-state index is 0.103. The molecule has 0 radical (unpaired) electrons. The van der Waals surface area contributed by atoms with Gasteiger partial charge in [-0.15, -0.1) is 0 Å². The predicted molar refractivity (Wildman–Crippen MR) is 125 cm³/mol. The van der Waals surface area contributed by atoms with E-state index in [4.69, 9.17) is 32.7 Å². The molecular formula is C23H27Cl2NO3S. The van der Waals surface area contributed by atoms with Crippen LogP contribution in [0.4, 0.5) is 0 Å². The van der Waals surface area contributed by atoms with Crippen LogP contribution in [0.25, 0.3) is 0 Å². The summed E-state index contributed by atoms with van der Waals surface area (Å²) in [6.45, 7) is 7.99. The van der Waals surface area contributed by atoms with E-state index in [9.17, 15) is 4.79 Å². The van der Waals surface area contributed by atoms with Crippen LogP contribution >= 0.6 is 35.1 Å². The van der Waals surface area contributed by atoms with Gasteiger partial charge in [-0.1, -0.05) is 62.5 Å². The summed E-state index contributed by atoms with van der Waals surface area (Å²) in [6, 6.07) is 11.8. The third-order valence-electron chi connectivity index (χ3n) is 5.33. The summed E-state index contributed by atoms with van der Waals surface area (Å²) in [5.41, 5.74) is 1.81. The maximum Gasteiger partial charge on any atom is 0.211 e. The molecular weight excluding hydrogens is 441 g/mol. The van der Waals surface area contributed by atoms with E-state index in [0.29, 0.717) is 35.6 Å². The molecule has 1 fully saturated rings. The Morgan fingerprint density at radius 3 is 2.33 bits per heavy atom. The van der Waals surface area contributed by atoms with Crippen LogP contribution in [0.3, 0.4) is 0 Å². The van der Waals surface area contributed by atoms with Crippen LogP contribution in [0, 0.1) is 5.92 Å². The van der Waals surface area contributed by atoms with E-state index in [0.717, 1.165) is 41.7 Å². The summed E-state index contributed by atoms with van der Waals surface area (Å²) in [6.07, 6.45) is 2.01. The van der Waals surface area contributed by atoms with E-state index in [1.54, 1.807) is 0 Å². The first-order valence-corrected chi connectivity index (χ1v) is 11.7. The summed E-state index contributed by atoms with van der Waals surface area (Å²) >= 11 is 14.1. The average Bonchev–Trinajstić information content (AvgIpc) is 3.13. The SMILES string of the molecule is CCCCOc1c(Cl)cc(C(C)(C)c2ccc(OCC3CNSC3=O)cc2)cc1Cl. The lowest BCUT2D eigenvalue weighted by Crippen LogP contribution is -2.20. The summed E-state index contributed by atoms with van der Waals surface area (Å²) in [4.78, 5) is 11.7. The molecule has 2 aromatic rings. The zero-order valence-electron chi connectivity index (χ0n) is 17.5. The standard InChI is InChI=1S/C23H27Cl2NO3S/c1-4-5-10-28-21-19(24)11-17(12-20(21)25)23(2,3)16-6-8-18(9-7-16)29-14-15-13-26-30-22(15)27/h6-9,11-12,15,26H,4-5,10,13-14H2,1-3H3. The maximum atomic E-state index is 11.7. The number of ether oxygens (including phenoxy) is 2. The lowest BCUT2D eigenvalue weighted by molar-refractivity contribution is -0.114. The zero-order valence-corrected chi connectivity index (χ0v) is 19.8. The molecule has 1 aliphatic rings. The average molecular weight is 468 g/mol. The fourth-order valence-electron chi connectivity index (χ4n) is 3.22. The van der Waals surface area contributed by atoms with Gasteiger partial charge in [0, 0.05) is 12.0 Å². The molecule has 0 amide bonds. The number of hydrogen-bond donors (Lipinski definition) is 1. The Bertz CT molecular complexity index is 864. The first-order valence-electron chi connectivity index (χ1n) is 10.1. The Hall–Kier alpha value is -1.40. The number of benzene rings is 2. The second-order valence-corrected chi connectivity index (χ2v) is 9.61. The van der Waals surface area contributed by atoms with E-state index in [1.807, 2.05) is 36.4 Å². The van der Waals surface area contributed by atoms with E-state index >= 15 is 0 Å². The zero-order chi connectivity index (χ0) is 21.7. The van der Waals surface area contributed by atoms with Crippen molar-refractivity contribution in [2.45, 2.75) is 39.0 Å². The van der Waals surface area contributed by atoms with Crippen molar-refractivity contribution in [3.63, 3.8) is 0 Å². The number of hydrogen-bond acceptors (Lipinski definition) is 5. The Morgan fingerprint density at radius 2 is 1.77 bits per heavy atom. The Balaban J connectivity index is 1.72. The number of carbonyl (C=O) groups is 1. The lowest BCUT2D eigenvalue weighted by atomic mass is 9.78. The van der Waals surface area contributed by atoms with Gasteiger partial charge in [0.05, 0.1) is 22.6 Å². The highest BCUT2D eigenvalue weighted by Gasteiger charge is 2.27. The van der Waals surface area contributed by atoms with Crippen molar-refractivity contribution < 1.29 is 14.3 Å². The first-order chi connectivity index (χ1) is 14.3. The Labute approximate surface area is 192 Å². The molecule has 0 saturated carbocycles. The van der Waals surface area contributed by atoms with Gasteiger partial charge in [-0.2, -0.15) is 0 Å². The summed E-state index contributed by atoms with van der Waals surface area (Å²) < 4.78 is 14.6. The summed E-state index contributed by atoms with van der Waals surface area (Å²) in [5, 5.41) is 1.17. The van der Waals surface area contributed by atoms with E-state index < -0.39 is 0 Å². The predicted octanol–water partition coefficient (Wildman–Crippen LogP) is 6.27. The smallest absolute Gasteiger partial charge is 0.211 e. The minimum Gasteiger partial charge on any atom is -0.493 e. The van der Waals surface area contributed by atoms with Gasteiger partial charge in [0.2, 0.25) is 5.12 Å². The normalized spacial score (nSPS) is 16.7. The van der Waals surface area contributed by atoms with Crippen LogP contribution in [0.5, 0.6) is 11.5 Å². The van der Waals surface area contributed by atoms with Crippen molar-refractivity contribution in [1.29, 1.82) is 0 Å². The van der Waals surface area contributed by atoms with Crippen LogP contribution < -0.4 is 14.2 Å². The van der Waals surface area contributed by atoms with Gasteiger partial charge in [0.15, 0.2) is 5.75 Å². The molecule has 1 aliphatic heterocycles. The van der Waals surface area contributed by atoms with E-state index in [2.05, 4.69) is 25.5 Å². The molecule has 0 aliphatic carbocycles. The molecule has 0 bridgehead atoms. The second kappa shape index (κ2) is 10.3. The number of unbranched alkanes of at least 4 members (excludes halogenated alkanes) is 1. The molecule has 1 unspecified atom stereocenters. The third-order valence-corrected chi connectivity index (χ3v) is 6.73. The summed E-state index contributed by atoms with van der Waals surface area (Å²) in [7, 11) is 0. The molecule has 0 aromatic heterocycles. The van der Waals surface area contributed by atoms with Crippen molar-refractivity contribution in [3.05, 3.63) is 57.6 Å². The van der Waals surface area contributed by atoms with Gasteiger partial charge in [0.1, 0.15) is 12.4 Å². The molecule has 1 N–H and O–H groups in total. The number of rotatable bonds is 9. The third kappa shape index (κ3) is 5.44. The van der Waals surface area contributed by atoms with Crippen LogP contribution in [0.1, 0.15) is 44.7 Å². The van der Waals surface area contributed by atoms with Crippen LogP contribution in [0.15, 0.2) is 36.4 Å². The molecule has 7 heteroatoms. The number of halogens is 2. The fourth-order valence-corrected chi connectivity index (χ4v) is 4.56. The van der Waals surface area contributed by atoms with Gasteiger partial charge in [-0.25, -0.2) is 0 Å². The van der Waals surface area contributed by atoms with Gasteiger partial charge in [0.25, 0.3) is 0 Å². The van der Waals surface area contributed by atoms with Crippen molar-refractivity contribution in [2.24, 2.45) is 5.92 Å². The van der Waals surface area contributed by atoms with Crippen LogP contribution in [-0.4, -0.2) is 24.9 Å². The molecule has 3 rings (SSSR count). The van der Waals surface area contributed by atoms with Gasteiger partial charge >= 0.3 is 0 Å². The summed E-state index contributed by atoms with van der Waals surface area (Å²) in [5.74, 6) is 1.19. The fraction of sp³-hybridized carbons (Fsp3) is 0.435. The number of nitrogens with one attached hydrogen (secondary N) is 1.